The summed E-state index contributed by atoms with van der Waals surface area (Å²) in [6.07, 6.45) is 2.55. The molecule has 36 heavy (non-hydrogen) atoms. The molecule has 2 aromatic carbocycles. The minimum absolute atomic E-state index is 0.0874. The Morgan fingerprint density at radius 3 is 2.78 bits per heavy atom. The van der Waals surface area contributed by atoms with Gasteiger partial charge in [0.15, 0.2) is 17.4 Å². The van der Waals surface area contributed by atoms with Crippen LogP contribution in [0.2, 0.25) is 0 Å². The van der Waals surface area contributed by atoms with Gasteiger partial charge in [0, 0.05) is 31.1 Å². The molecule has 3 aromatic rings. The number of aromatic nitrogens is 2. The highest BCUT2D eigenvalue weighted by Gasteiger charge is 2.26. The molecule has 2 aliphatic rings. The molecular weight excluding hydrogens is 460 g/mol. The lowest BCUT2D eigenvalue weighted by molar-refractivity contribution is 0.266. The molecule has 0 atom stereocenters. The van der Waals surface area contributed by atoms with Crippen LogP contribution >= 0.6 is 0 Å². The highest BCUT2D eigenvalue weighted by molar-refractivity contribution is 5.72. The van der Waals surface area contributed by atoms with E-state index in [-0.39, 0.29) is 17.5 Å². The zero-order chi connectivity index (χ0) is 25.2. The number of benzene rings is 2. The molecule has 6 nitrogen and oxygen atoms in total. The van der Waals surface area contributed by atoms with E-state index in [1.54, 1.807) is 6.07 Å². The molecule has 0 saturated heterocycles. The molecule has 2 aliphatic heterocycles. The van der Waals surface area contributed by atoms with E-state index in [4.69, 9.17) is 11.3 Å². The van der Waals surface area contributed by atoms with Gasteiger partial charge in [-0.2, -0.15) is 0 Å². The van der Waals surface area contributed by atoms with Crippen LogP contribution in [0.4, 0.5) is 14.5 Å². The second-order valence-electron chi connectivity index (χ2n) is 9.61. The lowest BCUT2D eigenvalue weighted by Crippen LogP contribution is -2.38. The molecule has 0 aliphatic carbocycles. The minimum Gasteiger partial charge on any atom is -0.486 e. The van der Waals surface area contributed by atoms with Crippen molar-refractivity contribution in [2.75, 3.05) is 37.7 Å². The molecular formula is C28H29F2N5O. The third-order valence-electron chi connectivity index (χ3n) is 6.86. The lowest BCUT2D eigenvalue weighted by atomic mass is 9.96. The first-order valence-electron chi connectivity index (χ1n) is 12.3. The van der Waals surface area contributed by atoms with Crippen molar-refractivity contribution in [2.24, 2.45) is 0 Å². The average molecular weight is 490 g/mol. The largest absolute Gasteiger partial charge is 0.486 e. The summed E-state index contributed by atoms with van der Waals surface area (Å²) in [7, 11) is 0. The van der Waals surface area contributed by atoms with Gasteiger partial charge < -0.3 is 14.5 Å². The zero-order valence-corrected chi connectivity index (χ0v) is 20.6. The minimum atomic E-state index is -0.587. The van der Waals surface area contributed by atoms with Crippen molar-refractivity contribution in [3.8, 4) is 17.0 Å². The number of nitrogens with zero attached hydrogens (tertiary/aromatic N) is 5. The summed E-state index contributed by atoms with van der Waals surface area (Å²) in [6.45, 7) is 15.2. The summed E-state index contributed by atoms with van der Waals surface area (Å²) in [5.41, 5.74) is 4.69. The van der Waals surface area contributed by atoms with E-state index in [0.29, 0.717) is 43.2 Å². The Bertz CT molecular complexity index is 1320. The van der Waals surface area contributed by atoms with Crippen molar-refractivity contribution in [3.05, 3.63) is 82.1 Å². The fraction of sp³-hybridized carbons (Fsp3) is 0.393. The molecule has 0 N–H and O–H groups in total. The SMILES string of the molecule is [C-]#[N+]CCN1CCc2cc(Cc3ncc(F)c(-c4cc(F)c5c(c4)N(C(C)C)CCO5)n3)ccc2C1. The van der Waals surface area contributed by atoms with Gasteiger partial charge in [-0.05, 0) is 49.1 Å². The van der Waals surface area contributed by atoms with Crippen molar-refractivity contribution < 1.29 is 13.5 Å². The third-order valence-corrected chi connectivity index (χ3v) is 6.86. The van der Waals surface area contributed by atoms with E-state index in [1.165, 1.54) is 23.4 Å². The molecule has 0 unspecified atom stereocenters. The molecule has 0 radical (unpaired) electrons. The Morgan fingerprint density at radius 2 is 1.97 bits per heavy atom. The van der Waals surface area contributed by atoms with Crippen LogP contribution in [0.5, 0.6) is 5.75 Å². The van der Waals surface area contributed by atoms with Gasteiger partial charge in [0.05, 0.1) is 25.0 Å². The average Bonchev–Trinajstić information content (AvgIpc) is 2.88. The summed E-state index contributed by atoms with van der Waals surface area (Å²) >= 11 is 0. The maximum atomic E-state index is 15.0. The summed E-state index contributed by atoms with van der Waals surface area (Å²) in [6, 6.07) is 9.54. The van der Waals surface area contributed by atoms with Gasteiger partial charge in [-0.3, -0.25) is 4.90 Å². The Morgan fingerprint density at radius 1 is 1.11 bits per heavy atom. The lowest BCUT2D eigenvalue weighted by Gasteiger charge is -2.34. The molecule has 3 heterocycles. The van der Waals surface area contributed by atoms with Crippen LogP contribution in [0.15, 0.2) is 36.5 Å². The molecule has 0 saturated carbocycles. The van der Waals surface area contributed by atoms with Crippen molar-refractivity contribution in [1.82, 2.24) is 14.9 Å². The Labute approximate surface area is 210 Å². The fourth-order valence-corrected chi connectivity index (χ4v) is 5.01. The highest BCUT2D eigenvalue weighted by atomic mass is 19.1. The Hall–Kier alpha value is -3.57. The molecule has 1 aromatic heterocycles. The van der Waals surface area contributed by atoms with Crippen LogP contribution in [-0.4, -0.2) is 53.7 Å². The number of hydrogen-bond acceptors (Lipinski definition) is 5. The summed E-state index contributed by atoms with van der Waals surface area (Å²) in [5.74, 6) is -0.422. The molecule has 0 fully saturated rings. The zero-order valence-electron chi connectivity index (χ0n) is 20.6. The van der Waals surface area contributed by atoms with Crippen molar-refractivity contribution in [2.45, 2.75) is 39.3 Å². The normalized spacial score (nSPS) is 15.3. The molecule has 0 amide bonds. The number of halogens is 2. The van der Waals surface area contributed by atoms with Gasteiger partial charge in [0.1, 0.15) is 18.1 Å². The summed E-state index contributed by atoms with van der Waals surface area (Å²) < 4.78 is 35.4. The first kappa shape index (κ1) is 24.1. The van der Waals surface area contributed by atoms with E-state index in [1.807, 2.05) is 13.8 Å². The van der Waals surface area contributed by atoms with E-state index in [2.05, 4.69) is 42.8 Å². The predicted octanol–water partition coefficient (Wildman–Crippen LogP) is 4.90. The van der Waals surface area contributed by atoms with E-state index >= 15 is 0 Å². The van der Waals surface area contributed by atoms with Gasteiger partial charge in [-0.1, -0.05) is 18.2 Å². The smallest absolute Gasteiger partial charge is 0.227 e. The molecule has 5 rings (SSSR count). The first-order chi connectivity index (χ1) is 17.4. The number of fused-ring (bicyclic) bond motifs is 2. The van der Waals surface area contributed by atoms with E-state index < -0.39 is 11.6 Å². The molecule has 186 valence electrons. The van der Waals surface area contributed by atoms with Crippen LogP contribution in [0.25, 0.3) is 16.1 Å². The first-order valence-corrected chi connectivity index (χ1v) is 12.3. The predicted molar refractivity (Wildman–Crippen MR) is 135 cm³/mol. The molecule has 0 spiro atoms. The van der Waals surface area contributed by atoms with Crippen molar-refractivity contribution in [1.29, 1.82) is 0 Å². The van der Waals surface area contributed by atoms with Crippen LogP contribution < -0.4 is 9.64 Å². The van der Waals surface area contributed by atoms with Gasteiger partial charge in [-0.15, -0.1) is 0 Å². The second kappa shape index (κ2) is 10.2. The summed E-state index contributed by atoms with van der Waals surface area (Å²) in [4.78, 5) is 16.5. The van der Waals surface area contributed by atoms with Crippen LogP contribution in [0, 0.1) is 18.2 Å². The van der Waals surface area contributed by atoms with Gasteiger partial charge in [0.25, 0.3) is 0 Å². The topological polar surface area (TPSA) is 45.9 Å². The van der Waals surface area contributed by atoms with Gasteiger partial charge in [-0.25, -0.2) is 25.3 Å². The summed E-state index contributed by atoms with van der Waals surface area (Å²) in [5, 5.41) is 0. The second-order valence-corrected chi connectivity index (χ2v) is 9.61. The van der Waals surface area contributed by atoms with Crippen molar-refractivity contribution in [3.63, 3.8) is 0 Å². The number of ether oxygens (including phenoxy) is 1. The molecule has 0 bridgehead atoms. The Kier molecular flexibility index (Phi) is 6.84. The van der Waals surface area contributed by atoms with Crippen LogP contribution in [-0.2, 0) is 19.4 Å². The maximum absolute atomic E-state index is 15.0. The van der Waals surface area contributed by atoms with E-state index in [0.717, 1.165) is 31.6 Å². The Balaban J connectivity index is 1.40. The number of rotatable bonds is 6. The molecule has 8 heteroatoms. The number of anilines is 1. The van der Waals surface area contributed by atoms with Gasteiger partial charge >= 0.3 is 0 Å². The maximum Gasteiger partial charge on any atom is 0.227 e. The van der Waals surface area contributed by atoms with E-state index in [9.17, 15) is 8.78 Å². The monoisotopic (exact) mass is 489 g/mol. The third kappa shape index (κ3) is 4.89. The van der Waals surface area contributed by atoms with Crippen LogP contribution in [0.1, 0.15) is 36.4 Å². The van der Waals surface area contributed by atoms with Crippen molar-refractivity contribution >= 4 is 5.69 Å². The highest BCUT2D eigenvalue weighted by Crippen LogP contribution is 2.39. The van der Waals surface area contributed by atoms with Gasteiger partial charge in [0.2, 0.25) is 6.54 Å². The van der Waals surface area contributed by atoms with Crippen LogP contribution in [0.3, 0.4) is 0 Å². The standard InChI is InChI=1S/C28H29F2N5O/c1-18(2)35-10-11-36-28-23(29)14-22(15-25(28)35)27-24(30)16-32-26(33-27)13-19-4-5-21-17-34(9-7-31-3)8-6-20(21)12-19/h4-5,12,14-16,18H,6-11,13,17H2,1-2H3. The fourth-order valence-electron chi connectivity index (χ4n) is 5.01. The quantitative estimate of drug-likeness (QED) is 0.461. The number of hydrogen-bond donors (Lipinski definition) is 0.